The van der Waals surface area contributed by atoms with Crippen molar-refractivity contribution in [2.75, 3.05) is 26.7 Å². The average molecular weight is 292 g/mol. The third-order valence-corrected chi connectivity index (χ3v) is 3.68. The molecule has 5 nitrogen and oxygen atoms in total. The number of ether oxygens (including phenoxy) is 2. The number of carbonyl (C=O) groups excluding carboxylic acids is 1. The molecule has 0 aromatic heterocycles. The Morgan fingerprint density at radius 3 is 2.76 bits per heavy atom. The molecular formula is C16H24N2O3. The molecule has 116 valence electrons. The zero-order chi connectivity index (χ0) is 15.4. The van der Waals surface area contributed by atoms with Gasteiger partial charge in [-0.25, -0.2) is 0 Å². The van der Waals surface area contributed by atoms with Gasteiger partial charge in [-0.3, -0.25) is 4.79 Å². The van der Waals surface area contributed by atoms with Crippen LogP contribution in [0.3, 0.4) is 0 Å². The van der Waals surface area contributed by atoms with E-state index in [1.54, 1.807) is 25.3 Å². The van der Waals surface area contributed by atoms with Crippen molar-refractivity contribution in [3.8, 4) is 11.5 Å². The monoisotopic (exact) mass is 292 g/mol. The van der Waals surface area contributed by atoms with E-state index in [-0.39, 0.29) is 12.0 Å². The largest absolute Gasteiger partial charge is 0.493 e. The summed E-state index contributed by atoms with van der Waals surface area (Å²) in [5.41, 5.74) is 6.30. The molecule has 1 fully saturated rings. The second-order valence-corrected chi connectivity index (χ2v) is 5.67. The van der Waals surface area contributed by atoms with Gasteiger partial charge in [0.05, 0.1) is 13.2 Å². The van der Waals surface area contributed by atoms with E-state index in [1.165, 1.54) is 0 Å². The molecule has 0 radical (unpaired) electrons. The van der Waals surface area contributed by atoms with Crippen LogP contribution in [0.5, 0.6) is 11.5 Å². The van der Waals surface area contributed by atoms with Gasteiger partial charge >= 0.3 is 0 Å². The Kier molecular flexibility index (Phi) is 5.07. The van der Waals surface area contributed by atoms with E-state index in [1.807, 2.05) is 18.7 Å². The predicted molar refractivity (Wildman–Crippen MR) is 81.8 cm³/mol. The highest BCUT2D eigenvalue weighted by atomic mass is 16.5. The van der Waals surface area contributed by atoms with Gasteiger partial charge in [-0.1, -0.05) is 0 Å². The number of methoxy groups -OCH3 is 1. The average Bonchev–Trinajstić information content (AvgIpc) is 2.95. The summed E-state index contributed by atoms with van der Waals surface area (Å²) in [6.45, 7) is 6.05. The Hall–Kier alpha value is -1.75. The van der Waals surface area contributed by atoms with Crippen molar-refractivity contribution in [1.29, 1.82) is 0 Å². The van der Waals surface area contributed by atoms with Crippen LogP contribution in [0.1, 0.15) is 30.6 Å². The topological polar surface area (TPSA) is 64.8 Å². The number of rotatable bonds is 5. The van der Waals surface area contributed by atoms with Crippen molar-refractivity contribution in [1.82, 2.24) is 4.90 Å². The lowest BCUT2D eigenvalue weighted by Gasteiger charge is -2.18. The summed E-state index contributed by atoms with van der Waals surface area (Å²) in [7, 11) is 1.58. The number of carbonyl (C=O) groups is 1. The van der Waals surface area contributed by atoms with E-state index in [0.29, 0.717) is 29.5 Å². The SMILES string of the molecule is COc1cc(C(=O)N2CC[C@@H](CN)C2)ccc1OC(C)C. The molecule has 1 aromatic rings. The molecule has 1 atom stereocenters. The van der Waals surface area contributed by atoms with E-state index in [2.05, 4.69) is 0 Å². The van der Waals surface area contributed by atoms with Crippen LogP contribution in [0.4, 0.5) is 0 Å². The molecule has 1 aliphatic rings. The predicted octanol–water partition coefficient (Wildman–Crippen LogP) is 1.90. The van der Waals surface area contributed by atoms with Gasteiger partial charge in [0.25, 0.3) is 5.91 Å². The van der Waals surface area contributed by atoms with Gasteiger partial charge in [-0.15, -0.1) is 0 Å². The van der Waals surface area contributed by atoms with Gasteiger partial charge in [0.1, 0.15) is 0 Å². The minimum absolute atomic E-state index is 0.0281. The molecule has 1 aliphatic heterocycles. The number of benzene rings is 1. The Labute approximate surface area is 126 Å². The van der Waals surface area contributed by atoms with Crippen molar-refractivity contribution >= 4 is 5.91 Å². The first-order chi connectivity index (χ1) is 10.0. The summed E-state index contributed by atoms with van der Waals surface area (Å²) in [5.74, 6) is 1.69. The first-order valence-electron chi connectivity index (χ1n) is 7.39. The number of nitrogens with two attached hydrogens (primary N) is 1. The molecule has 2 rings (SSSR count). The van der Waals surface area contributed by atoms with E-state index in [9.17, 15) is 4.79 Å². The maximum Gasteiger partial charge on any atom is 0.254 e. The minimum Gasteiger partial charge on any atom is -0.493 e. The molecular weight excluding hydrogens is 268 g/mol. The molecule has 21 heavy (non-hydrogen) atoms. The van der Waals surface area contributed by atoms with E-state index in [4.69, 9.17) is 15.2 Å². The van der Waals surface area contributed by atoms with Crippen molar-refractivity contribution in [3.05, 3.63) is 23.8 Å². The first-order valence-corrected chi connectivity index (χ1v) is 7.39. The van der Waals surface area contributed by atoms with Crippen LogP contribution in [0.15, 0.2) is 18.2 Å². The fourth-order valence-electron chi connectivity index (χ4n) is 2.54. The van der Waals surface area contributed by atoms with Gasteiger partial charge < -0.3 is 20.1 Å². The van der Waals surface area contributed by atoms with Gasteiger partial charge in [0.15, 0.2) is 11.5 Å². The summed E-state index contributed by atoms with van der Waals surface area (Å²) in [6, 6.07) is 5.33. The summed E-state index contributed by atoms with van der Waals surface area (Å²) >= 11 is 0. The molecule has 1 heterocycles. The van der Waals surface area contributed by atoms with Gasteiger partial charge in [0, 0.05) is 18.7 Å². The second-order valence-electron chi connectivity index (χ2n) is 5.67. The third kappa shape index (κ3) is 3.67. The zero-order valence-corrected chi connectivity index (χ0v) is 13.0. The van der Waals surface area contributed by atoms with Gasteiger partial charge in [-0.2, -0.15) is 0 Å². The molecule has 1 saturated heterocycles. The number of hydrogen-bond donors (Lipinski definition) is 1. The van der Waals surface area contributed by atoms with Crippen molar-refractivity contribution in [2.45, 2.75) is 26.4 Å². The Morgan fingerprint density at radius 2 is 2.19 bits per heavy atom. The van der Waals surface area contributed by atoms with E-state index >= 15 is 0 Å². The van der Waals surface area contributed by atoms with Crippen LogP contribution < -0.4 is 15.2 Å². The maximum absolute atomic E-state index is 12.5. The molecule has 0 spiro atoms. The lowest BCUT2D eigenvalue weighted by atomic mass is 10.1. The highest BCUT2D eigenvalue weighted by Gasteiger charge is 2.26. The van der Waals surface area contributed by atoms with Crippen molar-refractivity contribution < 1.29 is 14.3 Å². The normalized spacial score (nSPS) is 18.1. The molecule has 0 bridgehead atoms. The molecule has 1 aromatic carbocycles. The summed E-state index contributed by atoms with van der Waals surface area (Å²) in [6.07, 6.45) is 1.04. The van der Waals surface area contributed by atoms with E-state index in [0.717, 1.165) is 19.5 Å². The zero-order valence-electron chi connectivity index (χ0n) is 13.0. The van der Waals surface area contributed by atoms with Crippen LogP contribution in [0.2, 0.25) is 0 Å². The van der Waals surface area contributed by atoms with Gasteiger partial charge in [-0.05, 0) is 50.9 Å². The molecule has 2 N–H and O–H groups in total. The number of hydrogen-bond acceptors (Lipinski definition) is 4. The lowest BCUT2D eigenvalue weighted by molar-refractivity contribution is 0.0787. The van der Waals surface area contributed by atoms with Crippen LogP contribution in [0, 0.1) is 5.92 Å². The quantitative estimate of drug-likeness (QED) is 0.900. The van der Waals surface area contributed by atoms with Crippen LogP contribution >= 0.6 is 0 Å². The highest BCUT2D eigenvalue weighted by molar-refractivity contribution is 5.95. The van der Waals surface area contributed by atoms with Crippen LogP contribution in [0.25, 0.3) is 0 Å². The summed E-state index contributed by atoms with van der Waals surface area (Å²) in [4.78, 5) is 14.4. The third-order valence-electron chi connectivity index (χ3n) is 3.68. The molecule has 5 heteroatoms. The van der Waals surface area contributed by atoms with Gasteiger partial charge in [0.2, 0.25) is 0 Å². The summed E-state index contributed by atoms with van der Waals surface area (Å²) in [5, 5.41) is 0. The minimum atomic E-state index is 0.0281. The molecule has 0 saturated carbocycles. The van der Waals surface area contributed by atoms with Crippen molar-refractivity contribution in [3.63, 3.8) is 0 Å². The number of amides is 1. The van der Waals surface area contributed by atoms with Crippen LogP contribution in [-0.4, -0.2) is 43.7 Å². The standard InChI is InChI=1S/C16H24N2O3/c1-11(2)21-14-5-4-13(8-15(14)20-3)16(19)18-7-6-12(9-17)10-18/h4-5,8,11-12H,6-7,9-10,17H2,1-3H3/t12-/m0/s1. The Balaban J connectivity index is 2.15. The van der Waals surface area contributed by atoms with Crippen molar-refractivity contribution in [2.24, 2.45) is 11.7 Å². The molecule has 0 aliphatic carbocycles. The molecule has 1 amide bonds. The Bertz CT molecular complexity index is 502. The molecule has 0 unspecified atom stereocenters. The highest BCUT2D eigenvalue weighted by Crippen LogP contribution is 2.30. The summed E-state index contributed by atoms with van der Waals surface area (Å²) < 4.78 is 11.0. The fraction of sp³-hybridized carbons (Fsp3) is 0.562. The lowest BCUT2D eigenvalue weighted by Crippen LogP contribution is -2.29. The smallest absolute Gasteiger partial charge is 0.254 e. The second kappa shape index (κ2) is 6.80. The first kappa shape index (κ1) is 15.6. The number of likely N-dealkylation sites (tertiary alicyclic amines) is 1. The van der Waals surface area contributed by atoms with E-state index < -0.39 is 0 Å². The Morgan fingerprint density at radius 1 is 1.43 bits per heavy atom. The maximum atomic E-state index is 12.5. The van der Waals surface area contributed by atoms with Crippen LogP contribution in [-0.2, 0) is 0 Å². The fourth-order valence-corrected chi connectivity index (χ4v) is 2.54. The number of nitrogens with zero attached hydrogens (tertiary/aromatic N) is 1.